The Morgan fingerprint density at radius 2 is 1.97 bits per heavy atom. The highest BCUT2D eigenvalue weighted by Gasteiger charge is 2.13. The number of carbonyl (C=O) groups is 1. The van der Waals surface area contributed by atoms with Gasteiger partial charge in [0.25, 0.3) is 0 Å². The average molecular weight is 402 g/mol. The van der Waals surface area contributed by atoms with Crippen molar-refractivity contribution in [1.29, 1.82) is 0 Å². The predicted molar refractivity (Wildman–Crippen MR) is 109 cm³/mol. The van der Waals surface area contributed by atoms with Crippen molar-refractivity contribution in [3.63, 3.8) is 0 Å². The number of aromatic nitrogens is 2. The third kappa shape index (κ3) is 6.19. The summed E-state index contributed by atoms with van der Waals surface area (Å²) in [5, 5.41) is 6.98. The number of aryl methyl sites for hydroxylation is 1. The number of piperidine rings is 1. The number of ether oxygens (including phenoxy) is 2. The summed E-state index contributed by atoms with van der Waals surface area (Å²) in [6, 6.07) is 5.43. The summed E-state index contributed by atoms with van der Waals surface area (Å²) in [6.45, 7) is 4.13. The molecule has 29 heavy (non-hydrogen) atoms. The first kappa shape index (κ1) is 21.1. The van der Waals surface area contributed by atoms with Gasteiger partial charge in [-0.25, -0.2) is 0 Å². The van der Waals surface area contributed by atoms with E-state index in [-0.39, 0.29) is 5.91 Å². The zero-order valence-electron chi connectivity index (χ0n) is 17.3. The highest BCUT2D eigenvalue weighted by Crippen LogP contribution is 2.31. The van der Waals surface area contributed by atoms with E-state index in [2.05, 4.69) is 20.4 Å². The van der Waals surface area contributed by atoms with Crippen LogP contribution in [0, 0.1) is 0 Å². The largest absolute Gasteiger partial charge is 0.493 e. The van der Waals surface area contributed by atoms with Gasteiger partial charge < -0.3 is 24.2 Å². The van der Waals surface area contributed by atoms with Gasteiger partial charge in [0, 0.05) is 24.9 Å². The molecular weight excluding hydrogens is 372 g/mol. The molecule has 1 amide bonds. The Kier molecular flexibility index (Phi) is 7.86. The molecule has 3 rings (SSSR count). The highest BCUT2D eigenvalue weighted by atomic mass is 16.5. The molecule has 8 heteroatoms. The molecule has 0 atom stereocenters. The lowest BCUT2D eigenvalue weighted by molar-refractivity contribution is -0.121. The molecule has 1 saturated heterocycles. The van der Waals surface area contributed by atoms with E-state index in [1.54, 1.807) is 26.4 Å². The van der Waals surface area contributed by atoms with Gasteiger partial charge in [-0.1, -0.05) is 11.6 Å². The van der Waals surface area contributed by atoms with E-state index in [1.165, 1.54) is 32.4 Å². The molecule has 1 N–H and O–H groups in total. The van der Waals surface area contributed by atoms with Crippen molar-refractivity contribution in [2.45, 2.75) is 38.5 Å². The minimum atomic E-state index is 0.00881. The van der Waals surface area contributed by atoms with Gasteiger partial charge in [-0.2, -0.15) is 4.98 Å². The fourth-order valence-electron chi connectivity index (χ4n) is 3.47. The number of methoxy groups -OCH3 is 2. The summed E-state index contributed by atoms with van der Waals surface area (Å²) in [6.07, 6.45) is 5.66. The molecule has 0 radical (unpaired) electrons. The smallest absolute Gasteiger partial charge is 0.227 e. The van der Waals surface area contributed by atoms with Crippen LogP contribution in [0.3, 0.4) is 0 Å². The second kappa shape index (κ2) is 10.8. The van der Waals surface area contributed by atoms with Crippen LogP contribution in [-0.4, -0.2) is 61.3 Å². The van der Waals surface area contributed by atoms with Crippen LogP contribution in [0.25, 0.3) is 11.4 Å². The number of hydrogen-bond donors (Lipinski definition) is 1. The molecule has 1 aliphatic heterocycles. The molecule has 1 aliphatic rings. The normalized spacial score (nSPS) is 14.6. The van der Waals surface area contributed by atoms with E-state index in [0.29, 0.717) is 42.6 Å². The summed E-state index contributed by atoms with van der Waals surface area (Å²) < 4.78 is 15.8. The molecule has 0 saturated carbocycles. The topological polar surface area (TPSA) is 89.7 Å². The van der Waals surface area contributed by atoms with E-state index < -0.39 is 0 Å². The fraction of sp³-hybridized carbons (Fsp3) is 0.571. The SMILES string of the molecule is COc1ccc(-c2noc(CCC(=O)NCCCN3CCCCC3)n2)cc1OC. The van der Waals surface area contributed by atoms with Crippen LogP contribution >= 0.6 is 0 Å². The van der Waals surface area contributed by atoms with Gasteiger partial charge in [-0.3, -0.25) is 4.79 Å². The maximum Gasteiger partial charge on any atom is 0.227 e. The molecule has 0 aliphatic carbocycles. The Morgan fingerprint density at radius 1 is 1.17 bits per heavy atom. The quantitative estimate of drug-likeness (QED) is 0.611. The monoisotopic (exact) mass is 402 g/mol. The minimum absolute atomic E-state index is 0.00881. The van der Waals surface area contributed by atoms with Crippen LogP contribution in [0.1, 0.15) is 38.0 Å². The van der Waals surface area contributed by atoms with Crippen LogP contribution in [0.2, 0.25) is 0 Å². The summed E-state index contributed by atoms with van der Waals surface area (Å²) in [7, 11) is 3.16. The molecule has 1 aromatic carbocycles. The Balaban J connectivity index is 1.41. The van der Waals surface area contributed by atoms with Gasteiger partial charge in [-0.05, 0) is 57.1 Å². The van der Waals surface area contributed by atoms with Crippen LogP contribution in [0.15, 0.2) is 22.7 Å². The molecule has 1 fully saturated rings. The van der Waals surface area contributed by atoms with Gasteiger partial charge in [-0.15, -0.1) is 0 Å². The Hall–Kier alpha value is -2.61. The van der Waals surface area contributed by atoms with Crippen LogP contribution in [0.5, 0.6) is 11.5 Å². The third-order valence-corrected chi connectivity index (χ3v) is 5.10. The van der Waals surface area contributed by atoms with Crippen LogP contribution in [0.4, 0.5) is 0 Å². The number of rotatable bonds is 10. The second-order valence-corrected chi connectivity index (χ2v) is 7.19. The summed E-state index contributed by atoms with van der Waals surface area (Å²) in [5.41, 5.74) is 0.764. The van der Waals surface area contributed by atoms with E-state index in [4.69, 9.17) is 14.0 Å². The van der Waals surface area contributed by atoms with Crippen LogP contribution in [-0.2, 0) is 11.2 Å². The number of hydrogen-bond acceptors (Lipinski definition) is 7. The van der Waals surface area contributed by atoms with Crippen LogP contribution < -0.4 is 14.8 Å². The first-order chi connectivity index (χ1) is 14.2. The minimum Gasteiger partial charge on any atom is -0.493 e. The summed E-state index contributed by atoms with van der Waals surface area (Å²) in [5.74, 6) is 2.15. The molecular formula is C21H30N4O4. The summed E-state index contributed by atoms with van der Waals surface area (Å²) >= 11 is 0. The highest BCUT2D eigenvalue weighted by molar-refractivity contribution is 5.76. The predicted octanol–water partition coefficient (Wildman–Crippen LogP) is 2.68. The fourth-order valence-corrected chi connectivity index (χ4v) is 3.47. The number of nitrogens with one attached hydrogen (secondary N) is 1. The van der Waals surface area contributed by atoms with Gasteiger partial charge in [0.05, 0.1) is 14.2 Å². The molecule has 2 heterocycles. The maximum atomic E-state index is 12.1. The zero-order valence-corrected chi connectivity index (χ0v) is 17.3. The maximum absolute atomic E-state index is 12.1. The number of carbonyl (C=O) groups excluding carboxylic acids is 1. The van der Waals surface area contributed by atoms with Crippen molar-refractivity contribution in [2.24, 2.45) is 0 Å². The first-order valence-electron chi connectivity index (χ1n) is 10.2. The number of benzene rings is 1. The van der Waals surface area contributed by atoms with E-state index in [1.807, 2.05) is 6.07 Å². The van der Waals surface area contributed by atoms with Gasteiger partial charge in [0.1, 0.15) is 0 Å². The summed E-state index contributed by atoms with van der Waals surface area (Å²) in [4.78, 5) is 18.9. The van der Waals surface area contributed by atoms with Crippen molar-refractivity contribution >= 4 is 5.91 Å². The molecule has 2 aromatic rings. The lowest BCUT2D eigenvalue weighted by atomic mass is 10.1. The number of likely N-dealkylation sites (tertiary alicyclic amines) is 1. The molecule has 1 aromatic heterocycles. The van der Waals surface area contributed by atoms with E-state index >= 15 is 0 Å². The third-order valence-electron chi connectivity index (χ3n) is 5.10. The van der Waals surface area contributed by atoms with Crippen molar-refractivity contribution < 1.29 is 18.8 Å². The zero-order chi connectivity index (χ0) is 20.5. The van der Waals surface area contributed by atoms with Crippen molar-refractivity contribution in [2.75, 3.05) is 40.4 Å². The average Bonchev–Trinajstić information content (AvgIpc) is 3.24. The van der Waals surface area contributed by atoms with Gasteiger partial charge in [0.15, 0.2) is 11.5 Å². The molecule has 0 bridgehead atoms. The standard InChI is InChI=1S/C21H30N4O4/c1-27-17-8-7-16(15-18(17)28-2)21-23-20(29-24-21)10-9-19(26)22-11-6-14-25-12-4-3-5-13-25/h7-8,15H,3-6,9-14H2,1-2H3,(H,22,26). The van der Waals surface area contributed by atoms with Gasteiger partial charge in [0.2, 0.25) is 17.6 Å². The van der Waals surface area contributed by atoms with Crippen molar-refractivity contribution in [3.05, 3.63) is 24.1 Å². The van der Waals surface area contributed by atoms with Crippen molar-refractivity contribution in [3.8, 4) is 22.9 Å². The molecule has 0 unspecified atom stereocenters. The second-order valence-electron chi connectivity index (χ2n) is 7.19. The van der Waals surface area contributed by atoms with Crippen molar-refractivity contribution in [1.82, 2.24) is 20.4 Å². The van der Waals surface area contributed by atoms with E-state index in [9.17, 15) is 4.79 Å². The molecule has 8 nitrogen and oxygen atoms in total. The number of amides is 1. The molecule has 158 valence electrons. The van der Waals surface area contributed by atoms with E-state index in [0.717, 1.165) is 18.5 Å². The lowest BCUT2D eigenvalue weighted by Crippen LogP contribution is -2.33. The Labute approximate surface area is 171 Å². The van der Waals surface area contributed by atoms with Gasteiger partial charge >= 0.3 is 0 Å². The number of nitrogens with zero attached hydrogens (tertiary/aromatic N) is 3. The molecule has 0 spiro atoms. The Bertz CT molecular complexity index is 787. The lowest BCUT2D eigenvalue weighted by Gasteiger charge is -2.26. The first-order valence-corrected chi connectivity index (χ1v) is 10.2. The Morgan fingerprint density at radius 3 is 2.72 bits per heavy atom.